The third-order valence-electron chi connectivity index (χ3n) is 5.80. The number of rotatable bonds is 4. The van der Waals surface area contributed by atoms with Crippen LogP contribution in [-0.4, -0.2) is 41.9 Å². The van der Waals surface area contributed by atoms with Crippen molar-refractivity contribution in [3.05, 3.63) is 59.4 Å². The Bertz CT molecular complexity index is 861. The molecule has 2 aliphatic rings. The number of fused-ring (bicyclic) bond motifs is 1. The summed E-state index contributed by atoms with van der Waals surface area (Å²) in [4.78, 5) is 31.2. The van der Waals surface area contributed by atoms with Gasteiger partial charge in [-0.1, -0.05) is 18.2 Å². The van der Waals surface area contributed by atoms with E-state index >= 15 is 0 Å². The van der Waals surface area contributed by atoms with Crippen molar-refractivity contribution >= 4 is 11.8 Å². The zero-order valence-corrected chi connectivity index (χ0v) is 16.1. The molecule has 1 aliphatic carbocycles. The molecule has 1 fully saturated rings. The summed E-state index contributed by atoms with van der Waals surface area (Å²) in [6, 6.07) is 11.4. The van der Waals surface area contributed by atoms with Crippen molar-refractivity contribution < 1.29 is 14.3 Å². The van der Waals surface area contributed by atoms with Gasteiger partial charge >= 0.3 is 0 Å². The van der Waals surface area contributed by atoms with Crippen LogP contribution in [0.2, 0.25) is 0 Å². The summed E-state index contributed by atoms with van der Waals surface area (Å²) in [5.74, 6) is 0.875. The van der Waals surface area contributed by atoms with E-state index in [9.17, 15) is 9.59 Å². The van der Waals surface area contributed by atoms with E-state index in [1.165, 1.54) is 5.56 Å². The lowest BCUT2D eigenvalue weighted by atomic mass is 9.95. The summed E-state index contributed by atoms with van der Waals surface area (Å²) in [6.45, 7) is 1.17. The van der Waals surface area contributed by atoms with Crippen molar-refractivity contribution in [2.45, 2.75) is 31.7 Å². The van der Waals surface area contributed by atoms with Crippen LogP contribution in [0.4, 0.5) is 0 Å². The predicted molar refractivity (Wildman–Crippen MR) is 105 cm³/mol. The van der Waals surface area contributed by atoms with Crippen LogP contribution in [-0.2, 0) is 11.2 Å². The topological polar surface area (TPSA) is 71.5 Å². The molecule has 0 bridgehead atoms. The van der Waals surface area contributed by atoms with Gasteiger partial charge in [0, 0.05) is 25.2 Å². The minimum Gasteiger partial charge on any atom is -0.496 e. The molecule has 4 rings (SSSR count). The Hall–Kier alpha value is -2.89. The molecule has 6 heteroatoms. The van der Waals surface area contributed by atoms with Gasteiger partial charge in [0.25, 0.3) is 5.91 Å². The number of piperidine rings is 1. The first-order valence-corrected chi connectivity index (χ1v) is 9.84. The quantitative estimate of drug-likeness (QED) is 0.887. The van der Waals surface area contributed by atoms with Gasteiger partial charge in [-0.15, -0.1) is 0 Å². The Labute approximate surface area is 164 Å². The van der Waals surface area contributed by atoms with Crippen LogP contribution in [0, 0.1) is 5.92 Å². The lowest BCUT2D eigenvalue weighted by Crippen LogP contribution is -2.43. The second kappa shape index (κ2) is 8.00. The number of carbonyl (C=O) groups is 2. The number of amides is 2. The molecule has 1 aromatic carbocycles. The van der Waals surface area contributed by atoms with Gasteiger partial charge in [-0.3, -0.25) is 14.6 Å². The number of nitrogens with one attached hydrogen (secondary N) is 1. The van der Waals surface area contributed by atoms with Crippen molar-refractivity contribution in [2.75, 3.05) is 20.2 Å². The van der Waals surface area contributed by atoms with E-state index in [2.05, 4.69) is 16.4 Å². The van der Waals surface area contributed by atoms with Crippen LogP contribution in [0.5, 0.6) is 5.75 Å². The molecule has 146 valence electrons. The molecule has 0 radical (unpaired) electrons. The minimum atomic E-state index is -0.0590. The summed E-state index contributed by atoms with van der Waals surface area (Å²) < 4.78 is 5.44. The molecule has 1 aliphatic heterocycles. The smallest absolute Gasteiger partial charge is 0.272 e. The SMILES string of the molecule is COc1cccc2c1CCC2NC(=O)C1CCN(C(=O)c2ccccn2)CC1. The van der Waals surface area contributed by atoms with E-state index in [0.29, 0.717) is 31.6 Å². The maximum atomic E-state index is 12.8. The van der Waals surface area contributed by atoms with Gasteiger partial charge in [0.05, 0.1) is 13.2 Å². The van der Waals surface area contributed by atoms with Crippen LogP contribution >= 0.6 is 0 Å². The first-order chi connectivity index (χ1) is 13.7. The fourth-order valence-corrected chi connectivity index (χ4v) is 4.25. The molecule has 1 aromatic heterocycles. The standard InChI is InChI=1S/C22H25N3O3/c1-28-20-7-4-5-16-17(20)8-9-18(16)24-21(26)15-10-13-25(14-11-15)22(27)19-6-2-3-12-23-19/h2-7,12,15,18H,8-11,13-14H2,1H3,(H,24,26). The summed E-state index contributed by atoms with van der Waals surface area (Å²) in [7, 11) is 1.68. The second-order valence-corrected chi connectivity index (χ2v) is 7.41. The number of hydrogen-bond donors (Lipinski definition) is 1. The highest BCUT2D eigenvalue weighted by Crippen LogP contribution is 2.37. The average Bonchev–Trinajstić information content (AvgIpc) is 3.17. The van der Waals surface area contributed by atoms with Gasteiger partial charge in [0.15, 0.2) is 0 Å². The van der Waals surface area contributed by atoms with Crippen molar-refractivity contribution in [3.63, 3.8) is 0 Å². The maximum Gasteiger partial charge on any atom is 0.272 e. The first kappa shape index (κ1) is 18.5. The van der Waals surface area contributed by atoms with E-state index in [4.69, 9.17) is 4.74 Å². The molecule has 1 unspecified atom stereocenters. The fourth-order valence-electron chi connectivity index (χ4n) is 4.25. The van der Waals surface area contributed by atoms with Crippen LogP contribution in [0.25, 0.3) is 0 Å². The number of hydrogen-bond acceptors (Lipinski definition) is 4. The number of nitrogens with zero attached hydrogens (tertiary/aromatic N) is 2. The van der Waals surface area contributed by atoms with Crippen molar-refractivity contribution in [1.29, 1.82) is 0 Å². The molecular weight excluding hydrogens is 354 g/mol. The molecule has 1 saturated heterocycles. The van der Waals surface area contributed by atoms with Crippen LogP contribution in [0.3, 0.4) is 0 Å². The van der Waals surface area contributed by atoms with Crippen molar-refractivity contribution in [2.24, 2.45) is 5.92 Å². The Morgan fingerprint density at radius 3 is 2.64 bits per heavy atom. The number of carbonyl (C=O) groups excluding carboxylic acids is 2. The van der Waals surface area contributed by atoms with E-state index in [-0.39, 0.29) is 23.8 Å². The molecular formula is C22H25N3O3. The summed E-state index contributed by atoms with van der Waals surface area (Å²) >= 11 is 0. The Morgan fingerprint density at radius 1 is 1.11 bits per heavy atom. The highest BCUT2D eigenvalue weighted by molar-refractivity contribution is 5.92. The Balaban J connectivity index is 1.34. The van der Waals surface area contributed by atoms with Gasteiger partial charge < -0.3 is 15.0 Å². The number of ether oxygens (including phenoxy) is 1. The van der Waals surface area contributed by atoms with Crippen molar-refractivity contribution in [3.8, 4) is 5.75 Å². The van der Waals surface area contributed by atoms with Gasteiger partial charge in [-0.05, 0) is 55.0 Å². The van der Waals surface area contributed by atoms with Crippen LogP contribution in [0.15, 0.2) is 42.6 Å². The Morgan fingerprint density at radius 2 is 1.93 bits per heavy atom. The molecule has 28 heavy (non-hydrogen) atoms. The van der Waals surface area contributed by atoms with Gasteiger partial charge in [0.1, 0.15) is 11.4 Å². The molecule has 2 amide bonds. The molecule has 0 spiro atoms. The zero-order valence-electron chi connectivity index (χ0n) is 16.1. The highest BCUT2D eigenvalue weighted by atomic mass is 16.5. The van der Waals surface area contributed by atoms with Crippen LogP contribution < -0.4 is 10.1 Å². The number of aromatic nitrogens is 1. The van der Waals surface area contributed by atoms with Crippen LogP contribution in [0.1, 0.15) is 46.9 Å². The van der Waals surface area contributed by atoms with E-state index in [0.717, 1.165) is 24.2 Å². The normalized spacial score (nSPS) is 19.2. The molecule has 1 atom stereocenters. The molecule has 2 aromatic rings. The number of pyridine rings is 1. The molecule has 0 saturated carbocycles. The average molecular weight is 379 g/mol. The van der Waals surface area contributed by atoms with Gasteiger partial charge in [-0.25, -0.2) is 0 Å². The highest BCUT2D eigenvalue weighted by Gasteiger charge is 2.32. The number of likely N-dealkylation sites (tertiary alicyclic amines) is 1. The summed E-state index contributed by atoms with van der Waals surface area (Å²) in [5.41, 5.74) is 2.82. The predicted octanol–water partition coefficient (Wildman–Crippen LogP) is 2.75. The lowest BCUT2D eigenvalue weighted by Gasteiger charge is -2.31. The molecule has 1 N–H and O–H groups in total. The third-order valence-corrected chi connectivity index (χ3v) is 5.80. The fraction of sp³-hybridized carbons (Fsp3) is 0.409. The van der Waals surface area contributed by atoms with Gasteiger partial charge in [0.2, 0.25) is 5.91 Å². The molecule has 2 heterocycles. The molecule has 6 nitrogen and oxygen atoms in total. The third kappa shape index (κ3) is 3.59. The van der Waals surface area contributed by atoms with Crippen molar-refractivity contribution in [1.82, 2.24) is 15.2 Å². The first-order valence-electron chi connectivity index (χ1n) is 9.84. The number of methoxy groups -OCH3 is 1. The number of benzene rings is 1. The largest absolute Gasteiger partial charge is 0.496 e. The second-order valence-electron chi connectivity index (χ2n) is 7.41. The van der Waals surface area contributed by atoms with E-state index < -0.39 is 0 Å². The van der Waals surface area contributed by atoms with E-state index in [1.54, 1.807) is 30.3 Å². The van der Waals surface area contributed by atoms with Gasteiger partial charge in [-0.2, -0.15) is 0 Å². The Kier molecular flexibility index (Phi) is 5.28. The lowest BCUT2D eigenvalue weighted by molar-refractivity contribution is -0.127. The summed E-state index contributed by atoms with van der Waals surface area (Å²) in [6.07, 6.45) is 4.81. The maximum absolute atomic E-state index is 12.8. The minimum absolute atomic E-state index is 0.0470. The summed E-state index contributed by atoms with van der Waals surface area (Å²) in [5, 5.41) is 3.22. The zero-order chi connectivity index (χ0) is 19.5. The van der Waals surface area contributed by atoms with E-state index in [1.807, 2.05) is 18.2 Å². The monoisotopic (exact) mass is 379 g/mol.